The van der Waals surface area contributed by atoms with E-state index in [4.69, 9.17) is 4.98 Å². The number of carbonyl (C=O) groups is 2. The number of aryl methyl sites for hydroxylation is 1. The molecule has 1 aromatic carbocycles. The monoisotopic (exact) mass is 521 g/mol. The summed E-state index contributed by atoms with van der Waals surface area (Å²) < 4.78 is 16.5. The molecule has 1 aromatic heterocycles. The molecule has 8 heteroatoms. The molecule has 2 bridgehead atoms. The van der Waals surface area contributed by atoms with Gasteiger partial charge in [0.05, 0.1) is 24.0 Å². The highest BCUT2D eigenvalue weighted by Crippen LogP contribution is 2.43. The van der Waals surface area contributed by atoms with Crippen LogP contribution in [0.5, 0.6) is 0 Å². The Morgan fingerprint density at radius 1 is 1.13 bits per heavy atom. The standard InChI is InChI=1S/C30H40FN5O2/c1-19-32-28-11-13-34(20(2)37)18-29(28)36(19)26-16-24-9-10-25(17-26)35(24)14-12-27(22-7-4-8-23(31)15-22)33-30(38)21-5-3-6-21/h4,7-8,15,21,24-27H,3,5-6,9-14,16-18H2,1-2H3,(H,33,38)/t24?,25?,26?,27-/m0/s1. The van der Waals surface area contributed by atoms with Gasteiger partial charge >= 0.3 is 0 Å². The normalized spacial score (nSPS) is 26.1. The number of fused-ring (bicyclic) bond motifs is 3. The number of piperidine rings is 1. The first-order valence-corrected chi connectivity index (χ1v) is 14.5. The Hall–Kier alpha value is -2.74. The molecule has 3 aliphatic heterocycles. The van der Waals surface area contributed by atoms with Crippen LogP contribution in [0, 0.1) is 18.7 Å². The summed E-state index contributed by atoms with van der Waals surface area (Å²) in [6.45, 7) is 6.08. The molecule has 2 amide bonds. The van der Waals surface area contributed by atoms with Crippen LogP contribution in [0.25, 0.3) is 0 Å². The van der Waals surface area contributed by atoms with E-state index < -0.39 is 0 Å². The van der Waals surface area contributed by atoms with E-state index in [0.717, 1.165) is 75.1 Å². The molecular formula is C30H40FN5O2. The number of hydrogen-bond donors (Lipinski definition) is 1. The number of hydrogen-bond acceptors (Lipinski definition) is 4. The quantitative estimate of drug-likeness (QED) is 0.585. The largest absolute Gasteiger partial charge is 0.349 e. The minimum Gasteiger partial charge on any atom is -0.349 e. The lowest BCUT2D eigenvalue weighted by atomic mass is 9.84. The highest BCUT2D eigenvalue weighted by Gasteiger charge is 2.42. The smallest absolute Gasteiger partial charge is 0.223 e. The van der Waals surface area contributed by atoms with E-state index in [1.165, 1.54) is 24.6 Å². The van der Waals surface area contributed by atoms with Gasteiger partial charge in [-0.15, -0.1) is 0 Å². The van der Waals surface area contributed by atoms with Crippen LogP contribution < -0.4 is 5.32 Å². The number of carbonyl (C=O) groups excluding carboxylic acids is 2. The van der Waals surface area contributed by atoms with Gasteiger partial charge in [-0.05, 0) is 69.6 Å². The van der Waals surface area contributed by atoms with Crippen LogP contribution in [0.4, 0.5) is 4.39 Å². The third-order valence-electron chi connectivity index (χ3n) is 9.62. The predicted molar refractivity (Wildman–Crippen MR) is 143 cm³/mol. The molecule has 1 saturated carbocycles. The maximum absolute atomic E-state index is 14.1. The molecule has 7 nitrogen and oxygen atoms in total. The van der Waals surface area contributed by atoms with Crippen LogP contribution in [0.3, 0.4) is 0 Å². The molecular weight excluding hydrogens is 481 g/mol. The first-order valence-electron chi connectivity index (χ1n) is 14.5. The average Bonchev–Trinajstić information content (AvgIpc) is 3.30. The molecule has 38 heavy (non-hydrogen) atoms. The second kappa shape index (κ2) is 10.4. The molecule has 0 spiro atoms. The Balaban J connectivity index is 1.15. The minimum absolute atomic E-state index is 0.112. The molecule has 4 heterocycles. The molecule has 1 N–H and O–H groups in total. The van der Waals surface area contributed by atoms with Crippen molar-refractivity contribution in [2.75, 3.05) is 13.1 Å². The van der Waals surface area contributed by atoms with Gasteiger partial charge in [0.25, 0.3) is 0 Å². The van der Waals surface area contributed by atoms with Crippen LogP contribution in [-0.4, -0.2) is 56.3 Å². The molecule has 6 rings (SSSR count). The van der Waals surface area contributed by atoms with Crippen LogP contribution in [-0.2, 0) is 22.6 Å². The molecule has 3 fully saturated rings. The lowest BCUT2D eigenvalue weighted by molar-refractivity contribution is -0.130. The second-order valence-electron chi connectivity index (χ2n) is 11.9. The van der Waals surface area contributed by atoms with E-state index in [1.54, 1.807) is 19.1 Å². The van der Waals surface area contributed by atoms with E-state index >= 15 is 0 Å². The highest BCUT2D eigenvalue weighted by molar-refractivity contribution is 5.79. The van der Waals surface area contributed by atoms with Crippen molar-refractivity contribution in [1.29, 1.82) is 0 Å². The number of nitrogens with zero attached hydrogens (tertiary/aromatic N) is 4. The van der Waals surface area contributed by atoms with E-state index in [9.17, 15) is 14.0 Å². The maximum atomic E-state index is 14.1. The zero-order valence-electron chi connectivity index (χ0n) is 22.7. The molecule has 204 valence electrons. The fraction of sp³-hybridized carbons (Fsp3) is 0.633. The van der Waals surface area contributed by atoms with Crippen molar-refractivity contribution >= 4 is 11.8 Å². The maximum Gasteiger partial charge on any atom is 0.223 e. The Kier molecular flexibility index (Phi) is 7.01. The van der Waals surface area contributed by atoms with E-state index in [-0.39, 0.29) is 29.6 Å². The van der Waals surface area contributed by atoms with Gasteiger partial charge in [0.2, 0.25) is 11.8 Å². The number of nitrogens with one attached hydrogen (secondary N) is 1. The lowest BCUT2D eigenvalue weighted by Gasteiger charge is -2.41. The second-order valence-corrected chi connectivity index (χ2v) is 11.9. The number of rotatable bonds is 7. The molecule has 2 unspecified atom stereocenters. The van der Waals surface area contributed by atoms with Gasteiger partial charge in [-0.1, -0.05) is 18.6 Å². The first kappa shape index (κ1) is 25.5. The highest BCUT2D eigenvalue weighted by atomic mass is 19.1. The van der Waals surface area contributed by atoms with Crippen molar-refractivity contribution in [2.45, 2.75) is 102 Å². The van der Waals surface area contributed by atoms with Gasteiger partial charge < -0.3 is 14.8 Å². The van der Waals surface area contributed by atoms with Crippen molar-refractivity contribution in [2.24, 2.45) is 5.92 Å². The zero-order chi connectivity index (χ0) is 26.4. The Labute approximate surface area is 224 Å². The SMILES string of the molecule is CC(=O)N1CCc2nc(C)n(C3CC4CCC(C3)N4CC[C@H](NC(=O)C3CCC3)c3cccc(F)c3)c2C1. The molecule has 3 atom stereocenters. The minimum atomic E-state index is -0.256. The predicted octanol–water partition coefficient (Wildman–Crippen LogP) is 4.45. The lowest BCUT2D eigenvalue weighted by Crippen LogP contribution is -2.46. The van der Waals surface area contributed by atoms with Crippen LogP contribution in [0.1, 0.15) is 93.1 Å². The van der Waals surface area contributed by atoms with Gasteiger partial charge in [0.15, 0.2) is 0 Å². The summed E-state index contributed by atoms with van der Waals surface area (Å²) in [5, 5.41) is 3.26. The topological polar surface area (TPSA) is 70.5 Å². The van der Waals surface area contributed by atoms with E-state index in [1.807, 2.05) is 11.0 Å². The van der Waals surface area contributed by atoms with Crippen molar-refractivity contribution in [1.82, 2.24) is 24.7 Å². The summed E-state index contributed by atoms with van der Waals surface area (Å²) in [6.07, 6.45) is 9.20. The fourth-order valence-electron chi connectivity index (χ4n) is 7.37. The van der Waals surface area contributed by atoms with Gasteiger partial charge in [-0.3, -0.25) is 14.5 Å². The molecule has 4 aliphatic rings. The fourth-order valence-corrected chi connectivity index (χ4v) is 7.37. The van der Waals surface area contributed by atoms with Crippen LogP contribution in [0.2, 0.25) is 0 Å². The van der Waals surface area contributed by atoms with Crippen molar-refractivity contribution in [3.63, 3.8) is 0 Å². The third-order valence-corrected chi connectivity index (χ3v) is 9.62. The summed E-state index contributed by atoms with van der Waals surface area (Å²) in [5.41, 5.74) is 3.25. The number of amides is 2. The molecule has 2 aromatic rings. The average molecular weight is 522 g/mol. The van der Waals surface area contributed by atoms with E-state index in [2.05, 4.69) is 21.7 Å². The van der Waals surface area contributed by atoms with Gasteiger partial charge in [0, 0.05) is 50.5 Å². The number of halogens is 1. The van der Waals surface area contributed by atoms with Crippen molar-refractivity contribution < 1.29 is 14.0 Å². The third kappa shape index (κ3) is 4.88. The summed E-state index contributed by atoms with van der Waals surface area (Å²) >= 11 is 0. The van der Waals surface area contributed by atoms with Gasteiger partial charge in [-0.25, -0.2) is 9.37 Å². The Morgan fingerprint density at radius 2 is 1.89 bits per heavy atom. The molecule has 2 saturated heterocycles. The summed E-state index contributed by atoms with van der Waals surface area (Å²) in [5.74, 6) is 1.18. The van der Waals surface area contributed by atoms with Crippen LogP contribution >= 0.6 is 0 Å². The summed E-state index contributed by atoms with van der Waals surface area (Å²) in [6, 6.07) is 7.95. The number of aromatic nitrogens is 2. The zero-order valence-corrected chi connectivity index (χ0v) is 22.7. The van der Waals surface area contributed by atoms with Gasteiger partial charge in [-0.2, -0.15) is 0 Å². The van der Waals surface area contributed by atoms with Gasteiger partial charge in [0.1, 0.15) is 11.6 Å². The van der Waals surface area contributed by atoms with E-state index in [0.29, 0.717) is 24.7 Å². The first-order chi connectivity index (χ1) is 18.4. The molecule has 0 radical (unpaired) electrons. The number of imidazole rings is 1. The van der Waals surface area contributed by atoms with Crippen LogP contribution in [0.15, 0.2) is 24.3 Å². The van der Waals surface area contributed by atoms with Crippen molar-refractivity contribution in [3.8, 4) is 0 Å². The number of benzene rings is 1. The Morgan fingerprint density at radius 3 is 2.55 bits per heavy atom. The van der Waals surface area contributed by atoms with Crippen molar-refractivity contribution in [3.05, 3.63) is 52.9 Å². The summed E-state index contributed by atoms with van der Waals surface area (Å²) in [7, 11) is 0. The Bertz CT molecular complexity index is 1190. The summed E-state index contributed by atoms with van der Waals surface area (Å²) in [4.78, 5) is 34.4. The molecule has 1 aliphatic carbocycles.